The molecule has 0 radical (unpaired) electrons. The van der Waals surface area contributed by atoms with Crippen LogP contribution in [0.4, 0.5) is 0 Å². The summed E-state index contributed by atoms with van der Waals surface area (Å²) in [7, 11) is 1.62. The normalized spacial score (nSPS) is 10.1. The van der Waals surface area contributed by atoms with E-state index in [0.29, 0.717) is 5.02 Å². The Bertz CT molecular complexity index is 492. The van der Waals surface area contributed by atoms with Crippen molar-refractivity contribution in [2.24, 2.45) is 0 Å². The second kappa shape index (κ2) is 4.45. The molecule has 2 nitrogen and oxygen atoms in total. The molecule has 0 amide bonds. The van der Waals surface area contributed by atoms with Gasteiger partial charge in [0, 0.05) is 10.6 Å². The van der Waals surface area contributed by atoms with Crippen LogP contribution >= 0.6 is 11.6 Å². The molecular weight excluding hydrogens is 224 g/mol. The molecule has 2 aromatic carbocycles. The average molecular weight is 235 g/mol. The lowest BCUT2D eigenvalue weighted by Gasteiger charge is -2.09. The van der Waals surface area contributed by atoms with Crippen molar-refractivity contribution in [3.05, 3.63) is 47.5 Å². The van der Waals surface area contributed by atoms with Crippen LogP contribution in [0.5, 0.6) is 11.5 Å². The molecular formula is C13H11ClO2. The van der Waals surface area contributed by atoms with Gasteiger partial charge in [-0.05, 0) is 35.9 Å². The van der Waals surface area contributed by atoms with Gasteiger partial charge in [-0.3, -0.25) is 0 Å². The third-order valence-electron chi connectivity index (χ3n) is 2.34. The van der Waals surface area contributed by atoms with Gasteiger partial charge >= 0.3 is 0 Å². The van der Waals surface area contributed by atoms with Crippen molar-refractivity contribution in [2.75, 3.05) is 7.11 Å². The van der Waals surface area contributed by atoms with Crippen LogP contribution in [0.15, 0.2) is 42.5 Å². The van der Waals surface area contributed by atoms with Crippen molar-refractivity contribution < 1.29 is 9.84 Å². The van der Waals surface area contributed by atoms with Gasteiger partial charge in [-0.25, -0.2) is 0 Å². The number of halogens is 1. The van der Waals surface area contributed by atoms with Crippen LogP contribution in [-0.4, -0.2) is 12.2 Å². The van der Waals surface area contributed by atoms with E-state index < -0.39 is 0 Å². The monoisotopic (exact) mass is 234 g/mol. The fourth-order valence-corrected chi connectivity index (χ4v) is 1.72. The number of phenols is 1. The Labute approximate surface area is 99.1 Å². The summed E-state index contributed by atoms with van der Waals surface area (Å²) in [5.74, 6) is 1.000. The lowest BCUT2D eigenvalue weighted by molar-refractivity contribution is 0.416. The van der Waals surface area contributed by atoms with Crippen LogP contribution < -0.4 is 4.74 Å². The van der Waals surface area contributed by atoms with Crippen LogP contribution in [0.3, 0.4) is 0 Å². The highest BCUT2D eigenvalue weighted by Gasteiger charge is 2.06. The highest BCUT2D eigenvalue weighted by Crippen LogP contribution is 2.33. The molecule has 0 saturated heterocycles. The topological polar surface area (TPSA) is 29.5 Å². The van der Waals surface area contributed by atoms with Gasteiger partial charge in [-0.1, -0.05) is 23.7 Å². The van der Waals surface area contributed by atoms with Gasteiger partial charge in [0.05, 0.1) is 7.11 Å². The summed E-state index contributed by atoms with van der Waals surface area (Å²) in [6.07, 6.45) is 0. The van der Waals surface area contributed by atoms with E-state index >= 15 is 0 Å². The van der Waals surface area contributed by atoms with Crippen LogP contribution in [0, 0.1) is 0 Å². The maximum absolute atomic E-state index is 9.23. The third-order valence-corrected chi connectivity index (χ3v) is 2.57. The molecule has 0 spiro atoms. The second-order valence-electron chi connectivity index (χ2n) is 3.39. The van der Waals surface area contributed by atoms with Crippen molar-refractivity contribution in [1.82, 2.24) is 0 Å². The Morgan fingerprint density at radius 1 is 1.06 bits per heavy atom. The van der Waals surface area contributed by atoms with Crippen molar-refractivity contribution in [3.8, 4) is 22.6 Å². The lowest BCUT2D eigenvalue weighted by Crippen LogP contribution is -1.87. The van der Waals surface area contributed by atoms with Gasteiger partial charge in [-0.15, -0.1) is 0 Å². The number of methoxy groups -OCH3 is 1. The molecule has 2 aromatic rings. The SMILES string of the molecule is COc1ccc(Cl)cc1-c1ccc(O)cc1. The molecule has 0 heterocycles. The van der Waals surface area contributed by atoms with E-state index in [9.17, 15) is 5.11 Å². The summed E-state index contributed by atoms with van der Waals surface area (Å²) in [4.78, 5) is 0. The largest absolute Gasteiger partial charge is 0.508 e. The Morgan fingerprint density at radius 3 is 2.38 bits per heavy atom. The molecule has 82 valence electrons. The Balaban J connectivity index is 2.53. The molecule has 0 aliphatic carbocycles. The Hall–Kier alpha value is -1.67. The molecule has 0 aliphatic rings. The fraction of sp³-hybridized carbons (Fsp3) is 0.0769. The van der Waals surface area contributed by atoms with E-state index in [1.165, 1.54) is 0 Å². The Morgan fingerprint density at radius 2 is 1.75 bits per heavy atom. The number of aromatic hydroxyl groups is 1. The van der Waals surface area contributed by atoms with Crippen LogP contribution in [0.2, 0.25) is 5.02 Å². The summed E-state index contributed by atoms with van der Waals surface area (Å²) in [6.45, 7) is 0. The smallest absolute Gasteiger partial charge is 0.126 e. The first-order valence-electron chi connectivity index (χ1n) is 4.83. The van der Waals surface area contributed by atoms with Crippen LogP contribution in [0.25, 0.3) is 11.1 Å². The van der Waals surface area contributed by atoms with Crippen molar-refractivity contribution in [1.29, 1.82) is 0 Å². The van der Waals surface area contributed by atoms with Gasteiger partial charge < -0.3 is 9.84 Å². The Kier molecular flexibility index (Phi) is 3.02. The summed E-state index contributed by atoms with van der Waals surface area (Å²) >= 11 is 5.95. The highest BCUT2D eigenvalue weighted by molar-refractivity contribution is 6.31. The molecule has 0 unspecified atom stereocenters. The molecule has 3 heteroatoms. The minimum atomic E-state index is 0.241. The number of phenolic OH excluding ortho intramolecular Hbond substituents is 1. The molecule has 0 atom stereocenters. The molecule has 1 N–H and O–H groups in total. The van der Waals surface area contributed by atoms with Gasteiger partial charge in [0.1, 0.15) is 11.5 Å². The molecule has 0 aliphatic heterocycles. The van der Waals surface area contributed by atoms with E-state index in [2.05, 4.69) is 0 Å². The average Bonchev–Trinajstić information content (AvgIpc) is 2.30. The molecule has 0 aromatic heterocycles. The predicted octanol–water partition coefficient (Wildman–Crippen LogP) is 3.72. The lowest BCUT2D eigenvalue weighted by atomic mass is 10.0. The van der Waals surface area contributed by atoms with Crippen LogP contribution in [0.1, 0.15) is 0 Å². The summed E-state index contributed by atoms with van der Waals surface area (Å²) in [5, 5.41) is 9.88. The zero-order valence-corrected chi connectivity index (χ0v) is 9.53. The van der Waals surface area contributed by atoms with E-state index in [1.54, 1.807) is 25.3 Å². The van der Waals surface area contributed by atoms with Crippen molar-refractivity contribution in [2.45, 2.75) is 0 Å². The van der Waals surface area contributed by atoms with E-state index in [-0.39, 0.29) is 5.75 Å². The minimum Gasteiger partial charge on any atom is -0.508 e. The summed E-state index contributed by atoms with van der Waals surface area (Å²) in [5.41, 5.74) is 1.87. The molecule has 2 rings (SSSR count). The molecule has 16 heavy (non-hydrogen) atoms. The number of hydrogen-bond acceptors (Lipinski definition) is 2. The zero-order chi connectivity index (χ0) is 11.5. The number of benzene rings is 2. The quantitative estimate of drug-likeness (QED) is 0.858. The van der Waals surface area contributed by atoms with E-state index in [1.807, 2.05) is 24.3 Å². The number of hydrogen-bond donors (Lipinski definition) is 1. The van der Waals surface area contributed by atoms with Crippen LogP contribution in [-0.2, 0) is 0 Å². The van der Waals surface area contributed by atoms with E-state index in [4.69, 9.17) is 16.3 Å². The molecule has 0 saturated carbocycles. The van der Waals surface area contributed by atoms with Gasteiger partial charge in [0.15, 0.2) is 0 Å². The first-order chi connectivity index (χ1) is 7.70. The van der Waals surface area contributed by atoms with Gasteiger partial charge in [0.2, 0.25) is 0 Å². The maximum atomic E-state index is 9.23. The molecule has 0 bridgehead atoms. The van der Waals surface area contributed by atoms with Crippen molar-refractivity contribution in [3.63, 3.8) is 0 Å². The van der Waals surface area contributed by atoms with E-state index in [0.717, 1.165) is 16.9 Å². The molecule has 0 fully saturated rings. The number of ether oxygens (including phenoxy) is 1. The first-order valence-corrected chi connectivity index (χ1v) is 5.21. The first kappa shape index (κ1) is 10.8. The van der Waals surface area contributed by atoms with Gasteiger partial charge in [-0.2, -0.15) is 0 Å². The van der Waals surface area contributed by atoms with Crippen molar-refractivity contribution >= 4 is 11.6 Å². The number of rotatable bonds is 2. The highest BCUT2D eigenvalue weighted by atomic mass is 35.5. The maximum Gasteiger partial charge on any atom is 0.126 e. The second-order valence-corrected chi connectivity index (χ2v) is 3.83. The van der Waals surface area contributed by atoms with Gasteiger partial charge in [0.25, 0.3) is 0 Å². The predicted molar refractivity (Wildman–Crippen MR) is 65.1 cm³/mol. The third kappa shape index (κ3) is 2.12. The fourth-order valence-electron chi connectivity index (χ4n) is 1.55. The minimum absolute atomic E-state index is 0.241. The standard InChI is InChI=1S/C13H11ClO2/c1-16-13-7-4-10(14)8-12(13)9-2-5-11(15)6-3-9/h2-8,15H,1H3. The summed E-state index contributed by atoms with van der Waals surface area (Å²) < 4.78 is 5.26. The zero-order valence-electron chi connectivity index (χ0n) is 8.77. The summed E-state index contributed by atoms with van der Waals surface area (Å²) in [6, 6.07) is 12.4.